The zero-order chi connectivity index (χ0) is 12.4. The lowest BCUT2D eigenvalue weighted by molar-refractivity contribution is -0.120. The van der Waals surface area contributed by atoms with Crippen LogP contribution in [0.2, 0.25) is 0 Å². The molecule has 1 aliphatic heterocycles. The Labute approximate surface area is 103 Å². The first kappa shape index (κ1) is 12.1. The zero-order valence-corrected chi connectivity index (χ0v) is 10.7. The topological polar surface area (TPSA) is 41.1 Å². The average molecular weight is 232 g/mol. The smallest absolute Gasteiger partial charge is 0.229 e. The van der Waals surface area contributed by atoms with Crippen LogP contribution in [0.1, 0.15) is 24.5 Å². The van der Waals surface area contributed by atoms with Crippen molar-refractivity contribution in [1.29, 1.82) is 0 Å². The van der Waals surface area contributed by atoms with E-state index >= 15 is 0 Å². The van der Waals surface area contributed by atoms with Crippen LogP contribution in [0.5, 0.6) is 0 Å². The van der Waals surface area contributed by atoms with Crippen molar-refractivity contribution in [1.82, 2.24) is 5.32 Å². The Bertz CT molecular complexity index is 428. The Hall–Kier alpha value is -1.35. The lowest BCUT2D eigenvalue weighted by atomic mass is 10.0. The molecule has 1 aromatic carbocycles. The summed E-state index contributed by atoms with van der Waals surface area (Å²) in [4.78, 5) is 12.1. The van der Waals surface area contributed by atoms with E-state index in [1.54, 1.807) is 0 Å². The molecule has 1 fully saturated rings. The molecule has 0 saturated carbocycles. The number of carbonyl (C=O) groups is 1. The van der Waals surface area contributed by atoms with Crippen molar-refractivity contribution in [3.8, 4) is 0 Å². The monoisotopic (exact) mass is 232 g/mol. The van der Waals surface area contributed by atoms with Gasteiger partial charge in [-0.05, 0) is 50.9 Å². The third-order valence-corrected chi connectivity index (χ3v) is 3.72. The Morgan fingerprint density at radius 3 is 2.82 bits per heavy atom. The summed E-state index contributed by atoms with van der Waals surface area (Å²) >= 11 is 0. The van der Waals surface area contributed by atoms with E-state index in [0.29, 0.717) is 0 Å². The van der Waals surface area contributed by atoms with Crippen LogP contribution in [0, 0.1) is 19.8 Å². The fraction of sp³-hybridized carbons (Fsp3) is 0.500. The van der Waals surface area contributed by atoms with Crippen molar-refractivity contribution in [3.05, 3.63) is 29.3 Å². The second-order valence-electron chi connectivity index (χ2n) is 4.87. The third-order valence-electron chi connectivity index (χ3n) is 3.72. The van der Waals surface area contributed by atoms with E-state index in [0.717, 1.165) is 24.2 Å². The fourth-order valence-corrected chi connectivity index (χ4v) is 2.33. The van der Waals surface area contributed by atoms with E-state index in [-0.39, 0.29) is 17.9 Å². The van der Waals surface area contributed by atoms with Gasteiger partial charge in [0, 0.05) is 11.7 Å². The minimum absolute atomic E-state index is 0.0925. The Balaban J connectivity index is 2.10. The largest absolute Gasteiger partial charge is 0.326 e. The molecule has 92 valence electrons. The second kappa shape index (κ2) is 4.88. The lowest BCUT2D eigenvalue weighted by Crippen LogP contribution is -2.32. The van der Waals surface area contributed by atoms with Crippen molar-refractivity contribution in [2.75, 3.05) is 11.9 Å². The summed E-state index contributed by atoms with van der Waals surface area (Å²) in [5.74, 6) is 0.228. The van der Waals surface area contributed by atoms with Gasteiger partial charge in [-0.2, -0.15) is 0 Å². The van der Waals surface area contributed by atoms with Gasteiger partial charge in [0.25, 0.3) is 0 Å². The predicted octanol–water partition coefficient (Wildman–Crippen LogP) is 2.24. The van der Waals surface area contributed by atoms with E-state index in [9.17, 15) is 4.79 Å². The molecule has 1 heterocycles. The van der Waals surface area contributed by atoms with Crippen LogP contribution in [0.4, 0.5) is 5.69 Å². The van der Waals surface area contributed by atoms with Crippen LogP contribution in [-0.2, 0) is 4.79 Å². The summed E-state index contributed by atoms with van der Waals surface area (Å²) in [5, 5.41) is 6.35. The van der Waals surface area contributed by atoms with Crippen molar-refractivity contribution in [3.63, 3.8) is 0 Å². The summed E-state index contributed by atoms with van der Waals surface area (Å²) in [7, 11) is 0. The van der Waals surface area contributed by atoms with Gasteiger partial charge in [0.1, 0.15) is 0 Å². The number of amides is 1. The molecule has 2 N–H and O–H groups in total. The molecular weight excluding hydrogens is 212 g/mol. The summed E-state index contributed by atoms with van der Waals surface area (Å²) in [5.41, 5.74) is 3.30. The highest BCUT2D eigenvalue weighted by molar-refractivity contribution is 5.94. The minimum Gasteiger partial charge on any atom is -0.326 e. The van der Waals surface area contributed by atoms with Crippen LogP contribution < -0.4 is 10.6 Å². The molecule has 3 nitrogen and oxygen atoms in total. The maximum atomic E-state index is 12.1. The Kier molecular flexibility index (Phi) is 3.48. The molecular formula is C14H20N2O. The first-order chi connectivity index (χ1) is 8.09. The maximum absolute atomic E-state index is 12.1. The van der Waals surface area contributed by atoms with Crippen LogP contribution in [0.25, 0.3) is 0 Å². The van der Waals surface area contributed by atoms with Gasteiger partial charge in [0.2, 0.25) is 5.91 Å². The van der Waals surface area contributed by atoms with Gasteiger partial charge in [0.15, 0.2) is 0 Å². The molecule has 3 heteroatoms. The molecule has 1 saturated heterocycles. The van der Waals surface area contributed by atoms with Gasteiger partial charge < -0.3 is 10.6 Å². The lowest BCUT2D eigenvalue weighted by Gasteiger charge is -2.16. The molecule has 2 rings (SSSR count). The summed E-state index contributed by atoms with van der Waals surface area (Å²) < 4.78 is 0. The summed E-state index contributed by atoms with van der Waals surface area (Å²) in [6, 6.07) is 6.28. The molecule has 1 amide bonds. The highest BCUT2D eigenvalue weighted by Gasteiger charge is 2.29. The van der Waals surface area contributed by atoms with Crippen molar-refractivity contribution < 1.29 is 4.79 Å². The van der Waals surface area contributed by atoms with Gasteiger partial charge in [-0.25, -0.2) is 0 Å². The number of benzene rings is 1. The third kappa shape index (κ3) is 2.50. The first-order valence-electron chi connectivity index (χ1n) is 6.20. The van der Waals surface area contributed by atoms with Crippen molar-refractivity contribution >= 4 is 11.6 Å². The van der Waals surface area contributed by atoms with Gasteiger partial charge in [-0.3, -0.25) is 4.79 Å². The Morgan fingerprint density at radius 2 is 2.18 bits per heavy atom. The maximum Gasteiger partial charge on any atom is 0.229 e. The molecule has 1 aliphatic rings. The van der Waals surface area contributed by atoms with Crippen LogP contribution in [0.3, 0.4) is 0 Å². The predicted molar refractivity (Wildman–Crippen MR) is 70.1 cm³/mol. The van der Waals surface area contributed by atoms with Gasteiger partial charge >= 0.3 is 0 Å². The average Bonchev–Trinajstić information content (AvgIpc) is 2.71. The zero-order valence-electron chi connectivity index (χ0n) is 10.7. The van der Waals surface area contributed by atoms with Crippen LogP contribution >= 0.6 is 0 Å². The molecule has 0 spiro atoms. The number of hydrogen-bond donors (Lipinski definition) is 2. The standard InChI is InChI=1S/C14H20N2O/c1-9-5-4-6-13(10(9)2)16-14(17)12-7-8-15-11(12)3/h4-6,11-12,15H,7-8H2,1-3H3,(H,16,17). The molecule has 2 atom stereocenters. The van der Waals surface area contributed by atoms with Crippen molar-refractivity contribution in [2.45, 2.75) is 33.2 Å². The number of rotatable bonds is 2. The quantitative estimate of drug-likeness (QED) is 0.821. The minimum atomic E-state index is 0.0925. The molecule has 0 aliphatic carbocycles. The molecule has 1 aromatic rings. The number of hydrogen-bond acceptors (Lipinski definition) is 2. The molecule has 0 radical (unpaired) electrons. The first-order valence-corrected chi connectivity index (χ1v) is 6.20. The van der Waals surface area contributed by atoms with Crippen LogP contribution in [-0.4, -0.2) is 18.5 Å². The van der Waals surface area contributed by atoms with Gasteiger partial charge in [0.05, 0.1) is 5.92 Å². The second-order valence-corrected chi connectivity index (χ2v) is 4.87. The Morgan fingerprint density at radius 1 is 1.41 bits per heavy atom. The van der Waals surface area contributed by atoms with Crippen molar-refractivity contribution in [2.24, 2.45) is 5.92 Å². The number of anilines is 1. The molecule has 17 heavy (non-hydrogen) atoms. The van der Waals surface area contributed by atoms with Gasteiger partial charge in [-0.1, -0.05) is 12.1 Å². The van der Waals surface area contributed by atoms with Crippen LogP contribution in [0.15, 0.2) is 18.2 Å². The van der Waals surface area contributed by atoms with E-state index in [1.807, 2.05) is 19.1 Å². The SMILES string of the molecule is Cc1cccc(NC(=O)C2CCNC2C)c1C. The summed E-state index contributed by atoms with van der Waals surface area (Å²) in [6.45, 7) is 7.11. The fourth-order valence-electron chi connectivity index (χ4n) is 2.33. The number of carbonyl (C=O) groups excluding carboxylic acids is 1. The summed E-state index contributed by atoms with van der Waals surface area (Å²) in [6.07, 6.45) is 0.928. The van der Waals surface area contributed by atoms with E-state index in [1.165, 1.54) is 5.56 Å². The molecule has 0 aromatic heterocycles. The number of aryl methyl sites for hydroxylation is 1. The van der Waals surface area contributed by atoms with Gasteiger partial charge in [-0.15, -0.1) is 0 Å². The van der Waals surface area contributed by atoms with E-state index in [4.69, 9.17) is 0 Å². The number of nitrogens with one attached hydrogen (secondary N) is 2. The van der Waals surface area contributed by atoms with E-state index in [2.05, 4.69) is 30.5 Å². The highest BCUT2D eigenvalue weighted by Crippen LogP contribution is 2.21. The molecule has 0 bridgehead atoms. The molecule has 2 unspecified atom stereocenters. The highest BCUT2D eigenvalue weighted by atomic mass is 16.1. The normalized spacial score (nSPS) is 23.7. The van der Waals surface area contributed by atoms with E-state index < -0.39 is 0 Å².